The highest BCUT2D eigenvalue weighted by Gasteiger charge is 2.17. The molecule has 7 heteroatoms. The summed E-state index contributed by atoms with van der Waals surface area (Å²) in [6.45, 7) is 7.34. The molecule has 2 aromatic rings. The van der Waals surface area contributed by atoms with Gasteiger partial charge in [0, 0.05) is 43.4 Å². The molecule has 148 valence electrons. The lowest BCUT2D eigenvalue weighted by molar-refractivity contribution is 0.324. The topological polar surface area (TPSA) is 77.6 Å². The minimum Gasteiger partial charge on any atom is -0.493 e. The number of allylic oxidation sites excluding steroid dienone is 1. The largest absolute Gasteiger partial charge is 0.493 e. The van der Waals surface area contributed by atoms with Crippen LogP contribution >= 0.6 is 0 Å². The molecule has 0 fully saturated rings. The molecule has 0 atom stereocenters. The first-order chi connectivity index (χ1) is 13.6. The number of furan rings is 1. The van der Waals surface area contributed by atoms with Crippen LogP contribution in [0, 0.1) is 0 Å². The number of hydrogen-bond acceptors (Lipinski definition) is 7. The molecule has 0 radical (unpaired) electrons. The molecule has 3 rings (SSSR count). The van der Waals surface area contributed by atoms with Gasteiger partial charge in [-0.3, -0.25) is 9.98 Å². The van der Waals surface area contributed by atoms with E-state index in [1.54, 1.807) is 39.7 Å². The molecule has 28 heavy (non-hydrogen) atoms. The number of ether oxygens (including phenoxy) is 3. The summed E-state index contributed by atoms with van der Waals surface area (Å²) >= 11 is 0. The average molecular weight is 383 g/mol. The number of nitrogens with zero attached hydrogens (tertiary/aromatic N) is 2. The summed E-state index contributed by atoms with van der Waals surface area (Å²) in [4.78, 5) is 8.70. The first-order valence-corrected chi connectivity index (χ1v) is 8.95. The van der Waals surface area contributed by atoms with Gasteiger partial charge in [0.25, 0.3) is 0 Å². The number of aliphatic imine (C=N–C) groups is 2. The third kappa shape index (κ3) is 3.94. The van der Waals surface area contributed by atoms with Crippen molar-refractivity contribution in [2.75, 3.05) is 27.9 Å². The van der Waals surface area contributed by atoms with Crippen molar-refractivity contribution in [3.8, 4) is 17.2 Å². The summed E-state index contributed by atoms with van der Waals surface area (Å²) in [6.07, 6.45) is 2.60. The first kappa shape index (κ1) is 19.7. The molecule has 7 nitrogen and oxygen atoms in total. The average Bonchev–Trinajstić information content (AvgIpc) is 3.15. The molecule has 0 amide bonds. The normalized spacial score (nSPS) is 14.4. The molecule has 1 N–H and O–H groups in total. The van der Waals surface area contributed by atoms with Gasteiger partial charge in [-0.25, -0.2) is 0 Å². The molecule has 0 spiro atoms. The first-order valence-electron chi connectivity index (χ1n) is 8.95. The lowest BCUT2D eigenvalue weighted by atomic mass is 10.1. The van der Waals surface area contributed by atoms with Gasteiger partial charge in [-0.2, -0.15) is 0 Å². The van der Waals surface area contributed by atoms with Gasteiger partial charge in [0.2, 0.25) is 5.75 Å². The van der Waals surface area contributed by atoms with Crippen LogP contribution in [0.2, 0.25) is 0 Å². The molecule has 1 aliphatic rings. The Labute approximate surface area is 164 Å². The van der Waals surface area contributed by atoms with E-state index in [0.717, 1.165) is 36.4 Å². The fraction of sp³-hybridized carbons (Fsp3) is 0.333. The monoisotopic (exact) mass is 383 g/mol. The zero-order valence-corrected chi connectivity index (χ0v) is 16.7. The second kappa shape index (κ2) is 8.75. The molecule has 0 bridgehead atoms. The van der Waals surface area contributed by atoms with Crippen LogP contribution in [0.1, 0.15) is 24.0 Å². The van der Waals surface area contributed by atoms with E-state index < -0.39 is 0 Å². The van der Waals surface area contributed by atoms with Crippen LogP contribution in [0.5, 0.6) is 17.2 Å². The molecule has 1 aromatic carbocycles. The van der Waals surface area contributed by atoms with Crippen molar-refractivity contribution >= 4 is 24.3 Å². The fourth-order valence-electron chi connectivity index (χ4n) is 3.14. The van der Waals surface area contributed by atoms with E-state index in [1.807, 2.05) is 13.0 Å². The lowest BCUT2D eigenvalue weighted by Crippen LogP contribution is -2.22. The summed E-state index contributed by atoms with van der Waals surface area (Å²) in [5.41, 5.74) is 3.34. The Morgan fingerprint density at radius 2 is 1.86 bits per heavy atom. The maximum Gasteiger partial charge on any atom is 0.203 e. The Kier molecular flexibility index (Phi) is 6.16. The van der Waals surface area contributed by atoms with Crippen LogP contribution in [0.3, 0.4) is 0 Å². The molecule has 0 aliphatic carbocycles. The van der Waals surface area contributed by atoms with Gasteiger partial charge < -0.3 is 23.9 Å². The third-order valence-electron chi connectivity index (χ3n) is 4.56. The molecular formula is C21H25N3O4. The van der Waals surface area contributed by atoms with E-state index in [1.165, 1.54) is 0 Å². The maximum absolute atomic E-state index is 5.99. The summed E-state index contributed by atoms with van der Waals surface area (Å²) < 4.78 is 22.1. The van der Waals surface area contributed by atoms with E-state index in [0.29, 0.717) is 34.4 Å². The highest BCUT2D eigenvalue weighted by atomic mass is 16.5. The minimum absolute atomic E-state index is 0.527. The molecular weight excluding hydrogens is 358 g/mol. The van der Waals surface area contributed by atoms with Gasteiger partial charge in [-0.1, -0.05) is 0 Å². The third-order valence-corrected chi connectivity index (χ3v) is 4.56. The number of rotatable bonds is 7. The van der Waals surface area contributed by atoms with Crippen molar-refractivity contribution in [2.24, 2.45) is 9.98 Å². The molecule has 1 aromatic heterocycles. The van der Waals surface area contributed by atoms with E-state index in [-0.39, 0.29) is 0 Å². The number of hydrogen-bond donors (Lipinski definition) is 1. The Balaban J connectivity index is 1.93. The molecule has 0 saturated carbocycles. The van der Waals surface area contributed by atoms with E-state index >= 15 is 0 Å². The van der Waals surface area contributed by atoms with Gasteiger partial charge >= 0.3 is 0 Å². The van der Waals surface area contributed by atoms with Crippen LogP contribution in [-0.2, 0) is 13.0 Å². The Bertz CT molecular complexity index is 879. The Morgan fingerprint density at radius 1 is 1.14 bits per heavy atom. The molecule has 0 saturated heterocycles. The second-order valence-electron chi connectivity index (χ2n) is 6.32. The van der Waals surface area contributed by atoms with Gasteiger partial charge in [0.15, 0.2) is 17.3 Å². The smallest absolute Gasteiger partial charge is 0.203 e. The number of methoxy groups -OCH3 is 3. The molecule has 2 heterocycles. The zero-order chi connectivity index (χ0) is 20.1. The van der Waals surface area contributed by atoms with Crippen LogP contribution in [-0.4, -0.2) is 40.8 Å². The van der Waals surface area contributed by atoms with Crippen molar-refractivity contribution in [1.29, 1.82) is 0 Å². The fourth-order valence-corrected chi connectivity index (χ4v) is 3.14. The van der Waals surface area contributed by atoms with Gasteiger partial charge in [-0.15, -0.1) is 0 Å². The summed E-state index contributed by atoms with van der Waals surface area (Å²) in [6, 6.07) is 5.58. The highest BCUT2D eigenvalue weighted by Crippen LogP contribution is 2.40. The minimum atomic E-state index is 0.527. The van der Waals surface area contributed by atoms with Crippen LogP contribution in [0.4, 0.5) is 5.69 Å². The second-order valence-corrected chi connectivity index (χ2v) is 6.32. The van der Waals surface area contributed by atoms with Crippen LogP contribution < -0.4 is 19.5 Å². The number of benzene rings is 1. The Morgan fingerprint density at radius 3 is 2.43 bits per heavy atom. The van der Waals surface area contributed by atoms with Crippen molar-refractivity contribution in [3.63, 3.8) is 0 Å². The van der Waals surface area contributed by atoms with Crippen molar-refractivity contribution in [2.45, 2.75) is 19.9 Å². The van der Waals surface area contributed by atoms with E-state index in [9.17, 15) is 0 Å². The molecule has 1 aliphatic heterocycles. The van der Waals surface area contributed by atoms with Crippen LogP contribution in [0.25, 0.3) is 5.70 Å². The quantitative estimate of drug-likeness (QED) is 0.736. The standard InChI is InChI=1S/C21H25N3O4/c1-13(20(22-2)17-8-14-12-23-7-6-16(14)28-17)11-24-15-9-18(25-3)21(27-5)19(10-15)26-4/h8-11,23H,2,6-7,12H2,1,3-5H3/b20-13-,24-11?. The molecule has 0 unspecified atom stereocenters. The number of fused-ring (bicyclic) bond motifs is 1. The summed E-state index contributed by atoms with van der Waals surface area (Å²) in [5, 5.41) is 3.34. The predicted octanol–water partition coefficient (Wildman–Crippen LogP) is 3.79. The van der Waals surface area contributed by atoms with Gasteiger partial charge in [-0.05, 0) is 25.3 Å². The van der Waals surface area contributed by atoms with Gasteiger partial charge in [0.05, 0.1) is 27.0 Å². The lowest BCUT2D eigenvalue weighted by Gasteiger charge is -2.12. The van der Waals surface area contributed by atoms with Crippen molar-refractivity contribution in [1.82, 2.24) is 5.32 Å². The van der Waals surface area contributed by atoms with Crippen LogP contribution in [0.15, 0.2) is 38.2 Å². The maximum atomic E-state index is 5.99. The van der Waals surface area contributed by atoms with Gasteiger partial charge in [0.1, 0.15) is 11.5 Å². The van der Waals surface area contributed by atoms with E-state index in [2.05, 4.69) is 22.0 Å². The van der Waals surface area contributed by atoms with Crippen molar-refractivity contribution < 1.29 is 18.6 Å². The highest BCUT2D eigenvalue weighted by molar-refractivity contribution is 5.91. The summed E-state index contributed by atoms with van der Waals surface area (Å²) in [7, 11) is 4.71. The zero-order valence-electron chi connectivity index (χ0n) is 16.7. The van der Waals surface area contributed by atoms with E-state index in [4.69, 9.17) is 18.6 Å². The summed E-state index contributed by atoms with van der Waals surface area (Å²) in [5.74, 6) is 3.33. The predicted molar refractivity (Wildman–Crippen MR) is 111 cm³/mol. The number of nitrogens with one attached hydrogen (secondary N) is 1. The SMILES string of the molecule is C=N/C(=C(/C)C=Nc1cc(OC)c(OC)c(OC)c1)c1cc2c(o1)CCNC2. The Hall–Kier alpha value is -3.06. The van der Waals surface area contributed by atoms with Crippen molar-refractivity contribution in [3.05, 3.63) is 40.9 Å².